The van der Waals surface area contributed by atoms with E-state index in [1.165, 1.54) is 39.2 Å². The topological polar surface area (TPSA) is 211 Å². The van der Waals surface area contributed by atoms with E-state index in [1.54, 1.807) is 38.1 Å². The van der Waals surface area contributed by atoms with E-state index >= 15 is 0 Å². The van der Waals surface area contributed by atoms with E-state index in [9.17, 15) is 33.6 Å². The Morgan fingerprint density at radius 3 is 2.02 bits per heavy atom. The summed E-state index contributed by atoms with van der Waals surface area (Å²) < 4.78 is 34.1. The number of benzene rings is 2. The number of esters is 4. The van der Waals surface area contributed by atoms with E-state index in [0.29, 0.717) is 22.6 Å². The largest absolute Gasteiger partial charge is 0.497 e. The van der Waals surface area contributed by atoms with Crippen LogP contribution in [0.2, 0.25) is 0 Å². The fourth-order valence-electron chi connectivity index (χ4n) is 6.41. The molecule has 3 rings (SSSR count). The summed E-state index contributed by atoms with van der Waals surface area (Å²) >= 11 is 0. The summed E-state index contributed by atoms with van der Waals surface area (Å²) in [5.74, 6) is -3.91. The molecule has 0 unspecified atom stereocenters. The molecule has 2 aromatic rings. The first-order valence-electron chi connectivity index (χ1n) is 17.5. The predicted octanol–water partition coefficient (Wildman–Crippen LogP) is 2.69. The van der Waals surface area contributed by atoms with E-state index in [4.69, 9.17) is 28.4 Å². The smallest absolute Gasteiger partial charge is 0.308 e. The molecule has 0 bridgehead atoms. The van der Waals surface area contributed by atoms with Gasteiger partial charge in [-0.2, -0.15) is 0 Å². The van der Waals surface area contributed by atoms with Crippen molar-refractivity contribution in [1.29, 1.82) is 0 Å². The normalized spacial score (nSPS) is 20.0. The molecule has 55 heavy (non-hydrogen) atoms. The summed E-state index contributed by atoms with van der Waals surface area (Å²) in [6, 6.07) is 8.70. The number of amides is 3. The molecule has 6 atom stereocenters. The van der Waals surface area contributed by atoms with Gasteiger partial charge >= 0.3 is 23.9 Å². The molecule has 298 valence electrons. The highest BCUT2D eigenvalue weighted by Gasteiger charge is 2.57. The number of aryl methyl sites for hydroxylation is 2. The molecule has 0 aromatic heterocycles. The lowest BCUT2D eigenvalue weighted by molar-refractivity contribution is -0.231. The zero-order valence-corrected chi connectivity index (χ0v) is 32.3. The Balaban J connectivity index is 2.09. The van der Waals surface area contributed by atoms with E-state index in [0.717, 1.165) is 26.3 Å². The first-order chi connectivity index (χ1) is 25.9. The molecule has 0 radical (unpaired) electrons. The van der Waals surface area contributed by atoms with E-state index in [-0.39, 0.29) is 24.9 Å². The fourth-order valence-corrected chi connectivity index (χ4v) is 6.41. The third-order valence-electron chi connectivity index (χ3n) is 8.58. The van der Waals surface area contributed by atoms with Crippen molar-refractivity contribution in [3.8, 4) is 11.5 Å². The molecule has 3 amide bonds. The molecular weight excluding hydrogens is 718 g/mol. The van der Waals surface area contributed by atoms with Crippen LogP contribution in [-0.4, -0.2) is 91.3 Å². The maximum atomic E-state index is 14.2. The van der Waals surface area contributed by atoms with Crippen LogP contribution in [0, 0.1) is 13.8 Å². The minimum Gasteiger partial charge on any atom is -0.497 e. The lowest BCUT2D eigenvalue weighted by Gasteiger charge is -2.49. The van der Waals surface area contributed by atoms with Crippen molar-refractivity contribution in [2.75, 3.05) is 13.7 Å². The Morgan fingerprint density at radius 2 is 1.51 bits per heavy atom. The van der Waals surface area contributed by atoms with E-state index in [2.05, 4.69) is 22.5 Å². The highest BCUT2D eigenvalue weighted by molar-refractivity contribution is 5.95. The van der Waals surface area contributed by atoms with Crippen LogP contribution in [0.4, 0.5) is 0 Å². The van der Waals surface area contributed by atoms with Gasteiger partial charge in [-0.15, -0.1) is 6.58 Å². The van der Waals surface area contributed by atoms with Crippen LogP contribution in [0.3, 0.4) is 0 Å². The Bertz CT molecular complexity index is 1750. The SMILES string of the molecule is C=CC[C@]1(C(=O)NCc2ccc(OC)cc2)C[C@H](OC(C)=O)[C@@H](NC(C)=O)[C@H]([C@H](OC(C)=O)[C@@H](CNC(=O)c2cc(C)c(OC(C)=O)c(C)c2)OC(C)=O)O1. The van der Waals surface area contributed by atoms with Crippen molar-refractivity contribution in [3.05, 3.63) is 71.3 Å². The number of carbonyl (C=O) groups excluding carboxylic acids is 7. The molecule has 16 nitrogen and oxygen atoms in total. The van der Waals surface area contributed by atoms with Crippen molar-refractivity contribution in [2.45, 2.75) is 104 Å². The highest BCUT2D eigenvalue weighted by atomic mass is 16.6. The van der Waals surface area contributed by atoms with E-state index < -0.39 is 84.2 Å². The summed E-state index contributed by atoms with van der Waals surface area (Å²) in [6.07, 6.45) is -4.82. The third-order valence-corrected chi connectivity index (χ3v) is 8.58. The minimum atomic E-state index is -1.82. The summed E-state index contributed by atoms with van der Waals surface area (Å²) in [7, 11) is 1.53. The number of nitrogens with one attached hydrogen (secondary N) is 3. The average Bonchev–Trinajstić information content (AvgIpc) is 3.10. The second kappa shape index (κ2) is 19.5. The Kier molecular flexibility index (Phi) is 15.5. The number of methoxy groups -OCH3 is 1. The van der Waals surface area contributed by atoms with Crippen molar-refractivity contribution in [2.24, 2.45) is 0 Å². The number of hydrogen-bond acceptors (Lipinski definition) is 13. The zero-order chi connectivity index (χ0) is 41.0. The maximum absolute atomic E-state index is 14.2. The van der Waals surface area contributed by atoms with Gasteiger partial charge in [0, 0.05) is 59.6 Å². The van der Waals surface area contributed by atoms with Gasteiger partial charge in [0.1, 0.15) is 23.7 Å². The van der Waals surface area contributed by atoms with Crippen LogP contribution in [-0.2, 0) is 54.3 Å². The summed E-state index contributed by atoms with van der Waals surface area (Å²) in [5.41, 5.74) is 0.0788. The number of rotatable bonds is 16. The van der Waals surface area contributed by atoms with Gasteiger partial charge in [0.25, 0.3) is 11.8 Å². The van der Waals surface area contributed by atoms with Gasteiger partial charge in [-0.1, -0.05) is 18.2 Å². The van der Waals surface area contributed by atoms with Crippen LogP contribution in [0.25, 0.3) is 0 Å². The monoisotopic (exact) mass is 767 g/mol. The second-order valence-corrected chi connectivity index (χ2v) is 13.1. The Morgan fingerprint density at radius 1 is 0.891 bits per heavy atom. The molecular formula is C39H49N3O13. The van der Waals surface area contributed by atoms with E-state index in [1.807, 2.05) is 0 Å². The van der Waals surface area contributed by atoms with Crippen LogP contribution in [0.5, 0.6) is 11.5 Å². The molecule has 1 aliphatic heterocycles. The average molecular weight is 768 g/mol. The van der Waals surface area contributed by atoms with Crippen molar-refractivity contribution in [1.82, 2.24) is 16.0 Å². The van der Waals surface area contributed by atoms with Gasteiger partial charge in [0.05, 0.1) is 19.7 Å². The highest BCUT2D eigenvalue weighted by Crippen LogP contribution is 2.38. The second-order valence-electron chi connectivity index (χ2n) is 13.1. The number of ether oxygens (including phenoxy) is 6. The molecule has 1 saturated heterocycles. The fraction of sp³-hybridized carbons (Fsp3) is 0.462. The zero-order valence-electron chi connectivity index (χ0n) is 32.3. The number of carbonyl (C=O) groups is 7. The first-order valence-corrected chi connectivity index (χ1v) is 17.5. The molecule has 2 aromatic carbocycles. The molecule has 3 N–H and O–H groups in total. The van der Waals surface area contributed by atoms with Crippen molar-refractivity contribution >= 4 is 41.6 Å². The quantitative estimate of drug-likeness (QED) is 0.0972. The minimum absolute atomic E-state index is 0.0549. The predicted molar refractivity (Wildman–Crippen MR) is 196 cm³/mol. The molecule has 0 aliphatic carbocycles. The third kappa shape index (κ3) is 12.1. The van der Waals surface area contributed by atoms with Gasteiger partial charge in [0.2, 0.25) is 5.91 Å². The van der Waals surface area contributed by atoms with Crippen molar-refractivity contribution < 1.29 is 62.0 Å². The maximum Gasteiger partial charge on any atom is 0.308 e. The Labute approximate surface area is 319 Å². The van der Waals surface area contributed by atoms with Crippen molar-refractivity contribution in [3.63, 3.8) is 0 Å². The molecule has 1 fully saturated rings. The van der Waals surface area contributed by atoms with Crippen LogP contribution < -0.4 is 25.4 Å². The summed E-state index contributed by atoms with van der Waals surface area (Å²) in [5, 5.41) is 8.22. The molecule has 0 saturated carbocycles. The lowest BCUT2D eigenvalue weighted by atomic mass is 9.80. The molecule has 0 spiro atoms. The summed E-state index contributed by atoms with van der Waals surface area (Å²) in [6.45, 7) is 12.5. The molecule has 1 aliphatic rings. The Hall–Kier alpha value is -5.77. The first kappa shape index (κ1) is 43.6. The van der Waals surface area contributed by atoms with Crippen LogP contribution in [0.1, 0.15) is 74.5 Å². The van der Waals surface area contributed by atoms with Gasteiger partial charge in [0.15, 0.2) is 17.8 Å². The van der Waals surface area contributed by atoms with Gasteiger partial charge in [-0.25, -0.2) is 0 Å². The van der Waals surface area contributed by atoms with Crippen LogP contribution >= 0.6 is 0 Å². The van der Waals surface area contributed by atoms with Gasteiger partial charge < -0.3 is 44.4 Å². The molecule has 16 heteroatoms. The van der Waals surface area contributed by atoms with Gasteiger partial charge in [-0.05, 0) is 54.8 Å². The number of hydrogen-bond donors (Lipinski definition) is 3. The molecule has 1 heterocycles. The van der Waals surface area contributed by atoms with Gasteiger partial charge in [-0.3, -0.25) is 33.6 Å². The summed E-state index contributed by atoms with van der Waals surface area (Å²) in [4.78, 5) is 89.7. The van der Waals surface area contributed by atoms with Crippen LogP contribution in [0.15, 0.2) is 49.1 Å². The standard InChI is InChI=1S/C39H49N3O13/c1-10-15-39(38(49)41-19-28-11-13-30(50-9)14-12-28)18-31(51-24(5)44)33(42-23(4)43)36(55-39)35(54-27(8)47)32(52-25(6)45)20-40-37(48)29-16-21(2)34(22(3)17-29)53-26(7)46/h10-14,16-17,31-33,35-36H,1,15,18-20H2,2-9H3,(H,40,48)(H,41,49)(H,42,43)/t31-,32+,33+,35+,36+,39+/m0/s1. The lowest BCUT2D eigenvalue weighted by Crippen LogP contribution is -2.69.